The predicted molar refractivity (Wildman–Crippen MR) is 51.6 cm³/mol. The van der Waals surface area contributed by atoms with Gasteiger partial charge in [0.2, 0.25) is 0 Å². The molecule has 1 aliphatic rings. The van der Waals surface area contributed by atoms with Crippen LogP contribution in [0.3, 0.4) is 0 Å². The van der Waals surface area contributed by atoms with Crippen molar-refractivity contribution < 1.29 is 9.18 Å². The smallest absolute Gasteiger partial charge is 0.137 e. The van der Waals surface area contributed by atoms with Crippen LogP contribution in [0.5, 0.6) is 0 Å². The molecule has 0 aromatic heterocycles. The van der Waals surface area contributed by atoms with Crippen molar-refractivity contribution >= 4 is 6.29 Å². The molecule has 2 rings (SSSR count). The molecule has 14 heavy (non-hydrogen) atoms. The Balaban J connectivity index is 2.21. The SMILES string of the molecule is O=CC1NCCC1c1ccc(F)cc1. The van der Waals surface area contributed by atoms with E-state index in [0.717, 1.165) is 24.8 Å². The number of aldehydes is 1. The highest BCUT2D eigenvalue weighted by atomic mass is 19.1. The summed E-state index contributed by atoms with van der Waals surface area (Å²) in [6, 6.07) is 6.28. The lowest BCUT2D eigenvalue weighted by atomic mass is 9.93. The van der Waals surface area contributed by atoms with Crippen LogP contribution in [0.15, 0.2) is 24.3 Å². The second-order valence-corrected chi connectivity index (χ2v) is 3.56. The Bertz CT molecular complexity index is 323. The van der Waals surface area contributed by atoms with E-state index in [4.69, 9.17) is 0 Å². The zero-order chi connectivity index (χ0) is 9.97. The van der Waals surface area contributed by atoms with Crippen molar-refractivity contribution in [3.05, 3.63) is 35.6 Å². The number of rotatable bonds is 2. The summed E-state index contributed by atoms with van der Waals surface area (Å²) in [5.41, 5.74) is 1.04. The average Bonchev–Trinajstić information content (AvgIpc) is 2.67. The Hall–Kier alpha value is -1.22. The van der Waals surface area contributed by atoms with Crippen molar-refractivity contribution in [2.24, 2.45) is 0 Å². The van der Waals surface area contributed by atoms with E-state index in [-0.39, 0.29) is 17.8 Å². The summed E-state index contributed by atoms with van der Waals surface area (Å²) in [5.74, 6) is -0.0320. The number of carbonyl (C=O) groups is 1. The maximum Gasteiger partial charge on any atom is 0.137 e. The normalized spacial score (nSPS) is 26.4. The molecule has 0 radical (unpaired) electrons. The van der Waals surface area contributed by atoms with Gasteiger partial charge in [-0.05, 0) is 30.7 Å². The van der Waals surface area contributed by atoms with E-state index >= 15 is 0 Å². The van der Waals surface area contributed by atoms with E-state index in [1.165, 1.54) is 12.1 Å². The number of hydrogen-bond donors (Lipinski definition) is 1. The number of halogens is 1. The standard InChI is InChI=1S/C11H12FNO/c12-9-3-1-8(2-4-9)10-5-6-13-11(10)7-14/h1-4,7,10-11,13H,5-6H2. The second-order valence-electron chi connectivity index (χ2n) is 3.56. The van der Waals surface area contributed by atoms with Crippen LogP contribution in [-0.2, 0) is 4.79 Å². The molecule has 0 aliphatic carbocycles. The van der Waals surface area contributed by atoms with Gasteiger partial charge in [0, 0.05) is 5.92 Å². The van der Waals surface area contributed by atoms with E-state index in [0.29, 0.717) is 0 Å². The number of nitrogens with one attached hydrogen (secondary N) is 1. The van der Waals surface area contributed by atoms with E-state index in [1.54, 1.807) is 12.1 Å². The highest BCUT2D eigenvalue weighted by Crippen LogP contribution is 2.26. The van der Waals surface area contributed by atoms with Crippen LogP contribution in [0.4, 0.5) is 4.39 Å². The summed E-state index contributed by atoms with van der Waals surface area (Å²) in [4.78, 5) is 10.7. The third kappa shape index (κ3) is 1.68. The third-order valence-corrected chi connectivity index (χ3v) is 2.71. The molecule has 1 aromatic carbocycles. The first-order valence-corrected chi connectivity index (χ1v) is 4.75. The molecule has 0 saturated carbocycles. The maximum atomic E-state index is 12.7. The first-order chi connectivity index (χ1) is 6.81. The molecule has 74 valence electrons. The van der Waals surface area contributed by atoms with E-state index < -0.39 is 0 Å². The first kappa shape index (κ1) is 9.34. The average molecular weight is 193 g/mol. The van der Waals surface area contributed by atoms with Gasteiger partial charge >= 0.3 is 0 Å². The van der Waals surface area contributed by atoms with Gasteiger partial charge in [-0.3, -0.25) is 0 Å². The highest BCUT2D eigenvalue weighted by molar-refractivity contribution is 5.61. The second kappa shape index (κ2) is 3.88. The molecule has 1 N–H and O–H groups in total. The summed E-state index contributed by atoms with van der Waals surface area (Å²) in [7, 11) is 0. The van der Waals surface area contributed by atoms with Gasteiger partial charge < -0.3 is 10.1 Å². The summed E-state index contributed by atoms with van der Waals surface area (Å²) in [6.07, 6.45) is 1.87. The Morgan fingerprint density at radius 2 is 2.07 bits per heavy atom. The van der Waals surface area contributed by atoms with Crippen molar-refractivity contribution in [3.8, 4) is 0 Å². The van der Waals surface area contributed by atoms with Crippen LogP contribution >= 0.6 is 0 Å². The first-order valence-electron chi connectivity index (χ1n) is 4.75. The van der Waals surface area contributed by atoms with Crippen molar-refractivity contribution in [2.45, 2.75) is 18.4 Å². The molecular weight excluding hydrogens is 181 g/mol. The van der Waals surface area contributed by atoms with Crippen LogP contribution in [0.25, 0.3) is 0 Å². The molecule has 1 saturated heterocycles. The van der Waals surface area contributed by atoms with Crippen molar-refractivity contribution in [1.82, 2.24) is 5.32 Å². The van der Waals surface area contributed by atoms with Gasteiger partial charge in [-0.25, -0.2) is 4.39 Å². The number of carbonyl (C=O) groups excluding carboxylic acids is 1. The molecule has 1 fully saturated rings. The molecule has 0 bridgehead atoms. The van der Waals surface area contributed by atoms with Crippen LogP contribution in [0, 0.1) is 5.82 Å². The fourth-order valence-corrected chi connectivity index (χ4v) is 1.95. The molecule has 3 heteroatoms. The minimum Gasteiger partial charge on any atom is -0.307 e. The lowest BCUT2D eigenvalue weighted by Gasteiger charge is -2.13. The molecule has 1 aromatic rings. The minimum atomic E-state index is -0.234. The summed E-state index contributed by atoms with van der Waals surface area (Å²) < 4.78 is 12.7. The van der Waals surface area contributed by atoms with Gasteiger partial charge in [-0.1, -0.05) is 12.1 Å². The zero-order valence-electron chi connectivity index (χ0n) is 7.74. The number of hydrogen-bond acceptors (Lipinski definition) is 2. The topological polar surface area (TPSA) is 29.1 Å². The summed E-state index contributed by atoms with van der Waals surface area (Å²) in [6.45, 7) is 0.853. The van der Waals surface area contributed by atoms with Gasteiger partial charge in [0.1, 0.15) is 12.1 Å². The molecule has 0 spiro atoms. The van der Waals surface area contributed by atoms with Gasteiger partial charge in [0.05, 0.1) is 6.04 Å². The van der Waals surface area contributed by atoms with Crippen LogP contribution in [0.2, 0.25) is 0 Å². The van der Waals surface area contributed by atoms with Crippen LogP contribution in [0.1, 0.15) is 17.9 Å². The molecule has 2 unspecified atom stereocenters. The van der Waals surface area contributed by atoms with Crippen molar-refractivity contribution in [1.29, 1.82) is 0 Å². The van der Waals surface area contributed by atoms with Gasteiger partial charge in [-0.2, -0.15) is 0 Å². The molecular formula is C11H12FNO. The van der Waals surface area contributed by atoms with E-state index in [2.05, 4.69) is 5.32 Å². The van der Waals surface area contributed by atoms with Crippen LogP contribution < -0.4 is 5.32 Å². The van der Waals surface area contributed by atoms with Crippen molar-refractivity contribution in [3.63, 3.8) is 0 Å². The largest absolute Gasteiger partial charge is 0.307 e. The Morgan fingerprint density at radius 3 is 2.71 bits per heavy atom. The molecule has 2 atom stereocenters. The summed E-state index contributed by atoms with van der Waals surface area (Å²) in [5, 5.41) is 3.11. The monoisotopic (exact) mass is 193 g/mol. The molecule has 1 aliphatic heterocycles. The lowest BCUT2D eigenvalue weighted by molar-refractivity contribution is -0.109. The van der Waals surface area contributed by atoms with Crippen LogP contribution in [-0.4, -0.2) is 18.9 Å². The molecule has 0 amide bonds. The third-order valence-electron chi connectivity index (χ3n) is 2.71. The minimum absolute atomic E-state index is 0.111. The quantitative estimate of drug-likeness (QED) is 0.721. The Morgan fingerprint density at radius 1 is 1.36 bits per heavy atom. The van der Waals surface area contributed by atoms with E-state index in [9.17, 15) is 9.18 Å². The fourth-order valence-electron chi connectivity index (χ4n) is 1.95. The molecule has 2 nitrogen and oxygen atoms in total. The predicted octanol–water partition coefficient (Wildman–Crippen LogP) is 1.47. The Kier molecular flexibility index (Phi) is 2.59. The van der Waals surface area contributed by atoms with Crippen molar-refractivity contribution in [2.75, 3.05) is 6.54 Å². The summed E-state index contributed by atoms with van der Waals surface area (Å²) >= 11 is 0. The highest BCUT2D eigenvalue weighted by Gasteiger charge is 2.27. The number of benzene rings is 1. The zero-order valence-corrected chi connectivity index (χ0v) is 7.74. The lowest BCUT2D eigenvalue weighted by Crippen LogP contribution is -2.27. The van der Waals surface area contributed by atoms with Gasteiger partial charge in [0.25, 0.3) is 0 Å². The van der Waals surface area contributed by atoms with Gasteiger partial charge in [0.15, 0.2) is 0 Å². The van der Waals surface area contributed by atoms with E-state index in [1.807, 2.05) is 0 Å². The Labute approximate surface area is 82.1 Å². The molecule has 1 heterocycles. The maximum absolute atomic E-state index is 12.7. The fraction of sp³-hybridized carbons (Fsp3) is 0.364. The van der Waals surface area contributed by atoms with Gasteiger partial charge in [-0.15, -0.1) is 0 Å².